The first-order chi connectivity index (χ1) is 10.1. The molecule has 1 amide bonds. The molecule has 0 bridgehead atoms. The van der Waals surface area contributed by atoms with Crippen LogP contribution in [-0.2, 0) is 11.3 Å². The molecule has 110 valence electrons. The summed E-state index contributed by atoms with van der Waals surface area (Å²) in [6, 6.07) is 10.5. The lowest BCUT2D eigenvalue weighted by molar-refractivity contribution is -0.137. The summed E-state index contributed by atoms with van der Waals surface area (Å²) in [4.78, 5) is 23.1. The Bertz CT molecular complexity index is 626. The van der Waals surface area contributed by atoms with E-state index in [4.69, 9.17) is 10.8 Å². The Morgan fingerprint density at radius 3 is 2.71 bits per heavy atom. The number of hydrogen-bond donors (Lipinski definition) is 3. The number of amides is 1. The summed E-state index contributed by atoms with van der Waals surface area (Å²) in [5, 5.41) is 14.1. The van der Waals surface area contributed by atoms with Crippen LogP contribution in [0.2, 0.25) is 0 Å². The molecule has 1 heterocycles. The van der Waals surface area contributed by atoms with Gasteiger partial charge < -0.3 is 16.2 Å². The first-order valence-corrected chi connectivity index (χ1v) is 7.31. The van der Waals surface area contributed by atoms with Gasteiger partial charge in [-0.15, -0.1) is 11.3 Å². The summed E-state index contributed by atoms with van der Waals surface area (Å²) >= 11 is 1.52. The van der Waals surface area contributed by atoms with E-state index < -0.39 is 11.9 Å². The lowest BCUT2D eigenvalue weighted by atomic mass is 10.1. The minimum atomic E-state index is -0.855. The monoisotopic (exact) mass is 304 g/mol. The molecule has 2 rings (SSSR count). The van der Waals surface area contributed by atoms with Crippen LogP contribution in [0.1, 0.15) is 33.3 Å². The molecule has 0 fully saturated rings. The third-order valence-electron chi connectivity index (χ3n) is 3.03. The lowest BCUT2D eigenvalue weighted by Gasteiger charge is -2.15. The average Bonchev–Trinajstić information content (AvgIpc) is 2.97. The number of thiophene rings is 1. The normalized spacial score (nSPS) is 12.0. The largest absolute Gasteiger partial charge is 0.481 e. The SMILES string of the molecule is NC(=O)c1cccc(CNC(CC(=O)O)c2cccs2)c1. The predicted octanol–water partition coefficient (Wildman–Crippen LogP) is 2.15. The summed E-state index contributed by atoms with van der Waals surface area (Å²) in [6.07, 6.45) is 0.00994. The molecule has 0 saturated heterocycles. The fraction of sp³-hybridized carbons (Fsp3) is 0.200. The zero-order valence-corrected chi connectivity index (χ0v) is 12.1. The molecular formula is C15H16N2O3S. The second-order valence-corrected chi connectivity index (χ2v) is 5.59. The minimum Gasteiger partial charge on any atom is -0.481 e. The van der Waals surface area contributed by atoms with Gasteiger partial charge >= 0.3 is 5.97 Å². The Labute approximate surface area is 126 Å². The van der Waals surface area contributed by atoms with E-state index in [1.807, 2.05) is 23.6 Å². The number of nitrogens with one attached hydrogen (secondary N) is 1. The highest BCUT2D eigenvalue weighted by Gasteiger charge is 2.16. The summed E-state index contributed by atoms with van der Waals surface area (Å²) in [7, 11) is 0. The Morgan fingerprint density at radius 1 is 1.29 bits per heavy atom. The van der Waals surface area contributed by atoms with Gasteiger partial charge in [-0.1, -0.05) is 18.2 Å². The van der Waals surface area contributed by atoms with Gasteiger partial charge in [0.25, 0.3) is 0 Å². The number of nitrogens with two attached hydrogens (primary N) is 1. The number of carboxylic acids is 1. The van der Waals surface area contributed by atoms with Crippen LogP contribution in [0.5, 0.6) is 0 Å². The van der Waals surface area contributed by atoms with E-state index in [0.717, 1.165) is 10.4 Å². The van der Waals surface area contributed by atoms with Crippen LogP contribution in [-0.4, -0.2) is 17.0 Å². The Hall–Kier alpha value is -2.18. The van der Waals surface area contributed by atoms with Gasteiger partial charge in [0.15, 0.2) is 0 Å². The molecule has 0 spiro atoms. The van der Waals surface area contributed by atoms with Crippen molar-refractivity contribution in [2.75, 3.05) is 0 Å². The molecular weight excluding hydrogens is 288 g/mol. The van der Waals surface area contributed by atoms with Crippen molar-refractivity contribution in [3.8, 4) is 0 Å². The van der Waals surface area contributed by atoms with Gasteiger partial charge in [0.2, 0.25) is 5.91 Å². The van der Waals surface area contributed by atoms with Crippen LogP contribution in [0.4, 0.5) is 0 Å². The molecule has 0 aliphatic heterocycles. The van der Waals surface area contributed by atoms with Gasteiger partial charge in [-0.2, -0.15) is 0 Å². The molecule has 0 radical (unpaired) electrons. The molecule has 2 aromatic rings. The van der Waals surface area contributed by atoms with Crippen molar-refractivity contribution in [2.45, 2.75) is 19.0 Å². The van der Waals surface area contributed by atoms with Crippen molar-refractivity contribution >= 4 is 23.2 Å². The number of carboxylic acid groups (broad SMARTS) is 1. The molecule has 4 N–H and O–H groups in total. The molecule has 0 aliphatic rings. The van der Waals surface area contributed by atoms with Crippen molar-refractivity contribution < 1.29 is 14.7 Å². The van der Waals surface area contributed by atoms with E-state index >= 15 is 0 Å². The van der Waals surface area contributed by atoms with E-state index in [2.05, 4.69) is 5.32 Å². The van der Waals surface area contributed by atoms with Crippen molar-refractivity contribution in [3.05, 3.63) is 57.8 Å². The lowest BCUT2D eigenvalue weighted by Crippen LogP contribution is -2.23. The van der Waals surface area contributed by atoms with E-state index in [1.54, 1.807) is 18.2 Å². The minimum absolute atomic E-state index is 0.00994. The fourth-order valence-electron chi connectivity index (χ4n) is 2.01. The molecule has 1 aromatic carbocycles. The number of carbonyl (C=O) groups excluding carboxylic acids is 1. The highest BCUT2D eigenvalue weighted by molar-refractivity contribution is 7.10. The number of aliphatic carboxylic acids is 1. The predicted molar refractivity (Wildman–Crippen MR) is 81.1 cm³/mol. The highest BCUT2D eigenvalue weighted by atomic mass is 32.1. The number of benzene rings is 1. The van der Waals surface area contributed by atoms with E-state index in [-0.39, 0.29) is 12.5 Å². The van der Waals surface area contributed by atoms with Gasteiger partial charge in [0.05, 0.1) is 12.5 Å². The van der Waals surface area contributed by atoms with Crippen LogP contribution in [0, 0.1) is 0 Å². The number of rotatable bonds is 7. The second-order valence-electron chi connectivity index (χ2n) is 4.61. The zero-order valence-electron chi connectivity index (χ0n) is 11.3. The van der Waals surface area contributed by atoms with E-state index in [0.29, 0.717) is 12.1 Å². The van der Waals surface area contributed by atoms with Crippen LogP contribution in [0.15, 0.2) is 41.8 Å². The molecule has 1 unspecified atom stereocenters. The number of primary amides is 1. The molecule has 1 atom stereocenters. The maximum atomic E-state index is 11.1. The topological polar surface area (TPSA) is 92.4 Å². The average molecular weight is 304 g/mol. The van der Waals surface area contributed by atoms with Crippen LogP contribution in [0.3, 0.4) is 0 Å². The zero-order chi connectivity index (χ0) is 15.2. The molecule has 0 saturated carbocycles. The summed E-state index contributed by atoms with van der Waals surface area (Å²) < 4.78 is 0. The smallest absolute Gasteiger partial charge is 0.305 e. The van der Waals surface area contributed by atoms with E-state index in [9.17, 15) is 9.59 Å². The number of hydrogen-bond acceptors (Lipinski definition) is 4. The van der Waals surface area contributed by atoms with Gasteiger partial charge in [-0.3, -0.25) is 9.59 Å². The summed E-state index contributed by atoms with van der Waals surface area (Å²) in [5.74, 6) is -1.33. The molecule has 21 heavy (non-hydrogen) atoms. The van der Waals surface area contributed by atoms with Crippen LogP contribution < -0.4 is 11.1 Å². The van der Waals surface area contributed by atoms with E-state index in [1.165, 1.54) is 11.3 Å². The Morgan fingerprint density at radius 2 is 2.10 bits per heavy atom. The molecule has 5 nitrogen and oxygen atoms in total. The Balaban J connectivity index is 2.06. The van der Waals surface area contributed by atoms with Crippen LogP contribution >= 0.6 is 11.3 Å². The highest BCUT2D eigenvalue weighted by Crippen LogP contribution is 2.22. The quantitative estimate of drug-likeness (QED) is 0.731. The standard InChI is InChI=1S/C15H16N2O3S/c16-15(20)11-4-1-3-10(7-11)9-17-12(8-14(18)19)13-5-2-6-21-13/h1-7,12,17H,8-9H2,(H2,16,20)(H,18,19). The third-order valence-corrected chi connectivity index (χ3v) is 4.02. The third kappa shape index (κ3) is 4.40. The maximum absolute atomic E-state index is 11.1. The first-order valence-electron chi connectivity index (χ1n) is 6.43. The molecule has 0 aliphatic carbocycles. The van der Waals surface area contributed by atoms with Gasteiger partial charge in [-0.25, -0.2) is 0 Å². The van der Waals surface area contributed by atoms with Gasteiger partial charge in [0, 0.05) is 17.0 Å². The Kier molecular flexibility index (Phi) is 5.08. The molecule has 1 aromatic heterocycles. The van der Waals surface area contributed by atoms with Crippen molar-refractivity contribution in [3.63, 3.8) is 0 Å². The number of carbonyl (C=O) groups is 2. The van der Waals surface area contributed by atoms with Crippen molar-refractivity contribution in [2.24, 2.45) is 5.73 Å². The summed E-state index contributed by atoms with van der Waals surface area (Å²) in [6.45, 7) is 0.469. The summed E-state index contributed by atoms with van der Waals surface area (Å²) in [5.41, 5.74) is 6.58. The van der Waals surface area contributed by atoms with Gasteiger partial charge in [0.1, 0.15) is 0 Å². The van der Waals surface area contributed by atoms with Gasteiger partial charge in [-0.05, 0) is 29.1 Å². The second kappa shape index (κ2) is 7.01. The van der Waals surface area contributed by atoms with Crippen molar-refractivity contribution in [1.29, 1.82) is 0 Å². The van der Waals surface area contributed by atoms with Crippen molar-refractivity contribution in [1.82, 2.24) is 5.32 Å². The fourth-order valence-corrected chi connectivity index (χ4v) is 2.82. The van der Waals surface area contributed by atoms with Crippen LogP contribution in [0.25, 0.3) is 0 Å². The maximum Gasteiger partial charge on any atom is 0.305 e. The molecule has 6 heteroatoms. The first kappa shape index (κ1) is 15.2.